The smallest absolute Gasteiger partial charge is 0.165 e. The number of fused-ring (bicyclic) bond motifs is 1. The molecule has 0 spiro atoms. The van der Waals surface area contributed by atoms with Crippen LogP contribution in [0.2, 0.25) is 0 Å². The summed E-state index contributed by atoms with van der Waals surface area (Å²) in [6.07, 6.45) is -1.36. The van der Waals surface area contributed by atoms with E-state index >= 15 is 0 Å². The Morgan fingerprint density at radius 1 is 1.26 bits per heavy atom. The first kappa shape index (κ1) is 12.6. The van der Waals surface area contributed by atoms with Crippen molar-refractivity contribution in [2.24, 2.45) is 0 Å². The number of imidazole rings is 1. The van der Waals surface area contributed by atoms with Crippen LogP contribution in [0.25, 0.3) is 11.2 Å². The quantitative estimate of drug-likeness (QED) is 0.443. The van der Waals surface area contributed by atoms with Crippen LogP contribution in [0.1, 0.15) is 6.23 Å². The van der Waals surface area contributed by atoms with E-state index in [-0.39, 0.29) is 6.61 Å². The molecule has 2 aromatic rings. The first-order chi connectivity index (χ1) is 9.13. The topological polar surface area (TPSA) is 114 Å². The Morgan fingerprint density at radius 2 is 2.05 bits per heavy atom. The molecule has 3 heterocycles. The molecule has 2 aromatic heterocycles. The van der Waals surface area contributed by atoms with Crippen molar-refractivity contribution in [2.75, 3.05) is 6.61 Å². The molecule has 1 saturated heterocycles. The molecule has 0 aliphatic carbocycles. The standard InChI is InChI=1S/C10H12N4O4S/c15-1-4-6(16)7(17)10(18-4)14-3-13-5-8(14)11-2-12-9(5)19/h2-4,6-7,10,15-17H,1H2,(H,11,12,19)/p-1/t4-,6+,7+,10-/m0/s1. The third-order valence-electron chi connectivity index (χ3n) is 3.12. The lowest BCUT2D eigenvalue weighted by Gasteiger charge is -2.16. The third kappa shape index (κ3) is 1.86. The molecule has 0 bridgehead atoms. The number of aliphatic hydroxyl groups is 3. The van der Waals surface area contributed by atoms with Crippen LogP contribution in [0.15, 0.2) is 17.7 Å². The van der Waals surface area contributed by atoms with Gasteiger partial charge in [0.15, 0.2) is 11.9 Å². The molecule has 3 rings (SSSR count). The lowest BCUT2D eigenvalue weighted by molar-refractivity contribution is -0.0511. The van der Waals surface area contributed by atoms with Crippen LogP contribution in [0, 0.1) is 0 Å². The fourth-order valence-corrected chi connectivity index (χ4v) is 2.32. The van der Waals surface area contributed by atoms with Crippen molar-refractivity contribution in [3.05, 3.63) is 12.7 Å². The molecule has 1 aliphatic rings. The van der Waals surface area contributed by atoms with Crippen LogP contribution in [-0.2, 0) is 17.4 Å². The van der Waals surface area contributed by atoms with Crippen molar-refractivity contribution in [2.45, 2.75) is 29.6 Å². The molecule has 0 aromatic carbocycles. The van der Waals surface area contributed by atoms with E-state index in [9.17, 15) is 10.2 Å². The fourth-order valence-electron chi connectivity index (χ4n) is 2.13. The van der Waals surface area contributed by atoms with Crippen molar-refractivity contribution in [3.8, 4) is 0 Å². The summed E-state index contributed by atoms with van der Waals surface area (Å²) in [6, 6.07) is 0. The Morgan fingerprint density at radius 3 is 2.74 bits per heavy atom. The van der Waals surface area contributed by atoms with E-state index in [0.29, 0.717) is 16.2 Å². The van der Waals surface area contributed by atoms with Gasteiger partial charge in [-0.3, -0.25) is 9.55 Å². The predicted octanol–water partition coefficient (Wildman–Crippen LogP) is -1.66. The lowest BCUT2D eigenvalue weighted by atomic mass is 10.1. The van der Waals surface area contributed by atoms with E-state index in [1.54, 1.807) is 0 Å². The van der Waals surface area contributed by atoms with E-state index < -0.39 is 24.5 Å². The fraction of sp³-hybridized carbons (Fsp3) is 0.500. The first-order valence-corrected chi connectivity index (χ1v) is 6.01. The highest BCUT2D eigenvalue weighted by Gasteiger charge is 2.43. The van der Waals surface area contributed by atoms with E-state index in [0.717, 1.165) is 0 Å². The van der Waals surface area contributed by atoms with Crippen molar-refractivity contribution in [1.82, 2.24) is 19.5 Å². The van der Waals surface area contributed by atoms with Crippen LogP contribution in [-0.4, -0.2) is 59.8 Å². The summed E-state index contributed by atoms with van der Waals surface area (Å²) < 4.78 is 6.87. The minimum atomic E-state index is -1.18. The molecule has 3 N–H and O–H groups in total. The van der Waals surface area contributed by atoms with E-state index in [2.05, 4.69) is 15.0 Å². The number of nitrogens with zero attached hydrogens (tertiary/aromatic N) is 4. The second-order valence-corrected chi connectivity index (χ2v) is 4.62. The van der Waals surface area contributed by atoms with Crippen molar-refractivity contribution in [3.63, 3.8) is 0 Å². The van der Waals surface area contributed by atoms with Crippen LogP contribution in [0.5, 0.6) is 0 Å². The highest BCUT2D eigenvalue weighted by atomic mass is 32.1. The molecule has 0 saturated carbocycles. The highest BCUT2D eigenvalue weighted by Crippen LogP contribution is 2.31. The summed E-state index contributed by atoms with van der Waals surface area (Å²) >= 11 is 5.02. The Labute approximate surface area is 113 Å². The summed E-state index contributed by atoms with van der Waals surface area (Å²) in [5.74, 6) is 0. The monoisotopic (exact) mass is 283 g/mol. The van der Waals surface area contributed by atoms with Gasteiger partial charge in [-0.2, -0.15) is 0 Å². The van der Waals surface area contributed by atoms with Gasteiger partial charge in [-0.1, -0.05) is 5.03 Å². The average molecular weight is 283 g/mol. The molecule has 0 amide bonds. The SMILES string of the molecule is OC[C@@H]1O[C@H](n2cnc3c([S-])ncnc32)[C@H](O)[C@@H]1O. The molecule has 102 valence electrons. The molecule has 19 heavy (non-hydrogen) atoms. The van der Waals surface area contributed by atoms with Gasteiger partial charge in [0.25, 0.3) is 0 Å². The summed E-state index contributed by atoms with van der Waals surface area (Å²) in [6.45, 7) is -0.386. The van der Waals surface area contributed by atoms with Gasteiger partial charge in [-0.05, 0) is 0 Å². The van der Waals surface area contributed by atoms with E-state index in [4.69, 9.17) is 22.5 Å². The van der Waals surface area contributed by atoms with Gasteiger partial charge in [-0.15, -0.1) is 0 Å². The van der Waals surface area contributed by atoms with E-state index in [1.165, 1.54) is 17.2 Å². The van der Waals surface area contributed by atoms with Gasteiger partial charge < -0.3 is 32.7 Å². The zero-order valence-corrected chi connectivity index (χ0v) is 10.4. The molecule has 9 heteroatoms. The molecule has 1 fully saturated rings. The van der Waals surface area contributed by atoms with Gasteiger partial charge in [-0.25, -0.2) is 9.97 Å². The number of ether oxygens (including phenoxy) is 1. The minimum Gasteiger partial charge on any atom is -0.758 e. The summed E-state index contributed by atoms with van der Waals surface area (Å²) in [4.78, 5) is 12.0. The second kappa shape index (κ2) is 4.62. The summed E-state index contributed by atoms with van der Waals surface area (Å²) in [7, 11) is 0. The zero-order chi connectivity index (χ0) is 13.6. The predicted molar refractivity (Wildman–Crippen MR) is 64.0 cm³/mol. The molecule has 8 nitrogen and oxygen atoms in total. The second-order valence-electron chi connectivity index (χ2n) is 4.23. The normalized spacial score (nSPS) is 31.1. The number of hydrogen-bond acceptors (Lipinski definition) is 8. The number of hydrogen-bond donors (Lipinski definition) is 3. The number of rotatable bonds is 2. The average Bonchev–Trinajstić information content (AvgIpc) is 2.94. The maximum absolute atomic E-state index is 9.96. The number of aliphatic hydroxyl groups excluding tert-OH is 3. The largest absolute Gasteiger partial charge is 0.758 e. The Balaban J connectivity index is 2.04. The maximum atomic E-state index is 9.96. The molecule has 0 unspecified atom stereocenters. The molecule has 1 aliphatic heterocycles. The van der Waals surface area contributed by atoms with Gasteiger partial charge in [0.1, 0.15) is 30.2 Å². The lowest BCUT2D eigenvalue weighted by Crippen LogP contribution is -2.33. The van der Waals surface area contributed by atoms with Gasteiger partial charge in [0.05, 0.1) is 12.9 Å². The van der Waals surface area contributed by atoms with Crippen LogP contribution in [0.4, 0.5) is 0 Å². The highest BCUT2D eigenvalue weighted by molar-refractivity contribution is 7.58. The van der Waals surface area contributed by atoms with Crippen LogP contribution in [0.3, 0.4) is 0 Å². The minimum absolute atomic E-state index is 0.301. The van der Waals surface area contributed by atoms with Crippen molar-refractivity contribution in [1.29, 1.82) is 0 Å². The molecule has 0 radical (unpaired) electrons. The van der Waals surface area contributed by atoms with Gasteiger partial charge in [0, 0.05) is 0 Å². The molecule has 4 atom stereocenters. The van der Waals surface area contributed by atoms with Gasteiger partial charge >= 0.3 is 0 Å². The van der Waals surface area contributed by atoms with Crippen molar-refractivity contribution < 1.29 is 20.1 Å². The zero-order valence-electron chi connectivity index (χ0n) is 9.62. The Hall–Kier alpha value is -1.39. The molecular formula is C10H11N4O4S-. The third-order valence-corrected chi connectivity index (χ3v) is 3.42. The molecular weight excluding hydrogens is 272 g/mol. The summed E-state index contributed by atoms with van der Waals surface area (Å²) in [5.41, 5.74) is 0.838. The van der Waals surface area contributed by atoms with Gasteiger partial charge in [0.2, 0.25) is 0 Å². The van der Waals surface area contributed by atoms with Crippen LogP contribution < -0.4 is 0 Å². The Bertz CT molecular complexity index is 606. The van der Waals surface area contributed by atoms with Crippen molar-refractivity contribution >= 4 is 23.8 Å². The first-order valence-electron chi connectivity index (χ1n) is 5.60. The van der Waals surface area contributed by atoms with E-state index in [1.807, 2.05) is 0 Å². The maximum Gasteiger partial charge on any atom is 0.165 e. The summed E-state index contributed by atoms with van der Waals surface area (Å²) in [5, 5.41) is 29.1. The van der Waals surface area contributed by atoms with Crippen LogP contribution >= 0.6 is 0 Å². The number of aromatic nitrogens is 4. The Kier molecular flexibility index (Phi) is 3.07.